The Morgan fingerprint density at radius 3 is 1.74 bits per heavy atom. The average Bonchev–Trinajstić information content (AvgIpc) is 3.52. The van der Waals surface area contributed by atoms with Gasteiger partial charge in [-0.15, -0.1) is 0 Å². The molecule has 6 aromatic rings. The van der Waals surface area contributed by atoms with Gasteiger partial charge in [0.1, 0.15) is 0 Å². The third-order valence-electron chi connectivity index (χ3n) is 9.36. The fourth-order valence-corrected chi connectivity index (χ4v) is 27.3. The summed E-state index contributed by atoms with van der Waals surface area (Å²) >= 11 is -2.13. The Morgan fingerprint density at radius 1 is 0.535 bits per heavy atom. The maximum absolute atomic E-state index is 2.70. The fourth-order valence-electron chi connectivity index (χ4n) is 7.72. The first kappa shape index (κ1) is 30.3. The topological polar surface area (TPSA) is 0 Å². The van der Waals surface area contributed by atoms with Crippen LogP contribution in [0.4, 0.5) is 0 Å². The SMILES string of the molecule is CC1=C[CH]([Zr+2]([CH]2c3ccccc3-c3ccccc32)=[Si](C)C)c2cccc(-c3cc4ccccc4c4ccccc34)c21.[Cl-].[Cl-]. The first-order chi connectivity index (χ1) is 20.1. The van der Waals surface area contributed by atoms with Crippen molar-refractivity contribution in [2.45, 2.75) is 27.3 Å². The van der Waals surface area contributed by atoms with E-state index < -0.39 is 25.8 Å². The molecule has 0 aromatic heterocycles. The molecule has 0 aliphatic heterocycles. The van der Waals surface area contributed by atoms with Crippen LogP contribution in [0, 0.1) is 0 Å². The van der Waals surface area contributed by atoms with Crippen LogP contribution in [0.3, 0.4) is 0 Å². The minimum absolute atomic E-state index is 0. The Labute approximate surface area is 274 Å². The molecule has 0 heterocycles. The van der Waals surface area contributed by atoms with Gasteiger partial charge in [0.05, 0.1) is 0 Å². The van der Waals surface area contributed by atoms with E-state index in [9.17, 15) is 0 Å². The van der Waals surface area contributed by atoms with Gasteiger partial charge in [-0.1, -0.05) is 0 Å². The zero-order valence-electron chi connectivity index (χ0n) is 24.5. The standard InChI is InChI=1S/C24H17.C13H9.C2H6Si.2ClH.Zr/c1-16-13-14-17-8-6-12-22(24(16)17)23-15-18-7-2-3-9-19(18)20-10-4-5-11-21(20)23;1-3-7-12-10(5-1)9-11-6-2-4-8-13(11)12;1-3-2;;;/h2-15H,1H3;1-9H;1-2H3;2*1H;/q;;;;;+2/p-2. The van der Waals surface area contributed by atoms with Crippen LogP contribution in [-0.2, 0) is 20.4 Å². The summed E-state index contributed by atoms with van der Waals surface area (Å²) in [6, 6.07) is 46.0. The van der Waals surface area contributed by atoms with Crippen molar-refractivity contribution in [2.75, 3.05) is 0 Å². The summed E-state index contributed by atoms with van der Waals surface area (Å²) in [5.74, 6) is 0. The van der Waals surface area contributed by atoms with E-state index >= 15 is 0 Å². The molecule has 1 atom stereocenters. The molecular formula is C39H32Cl2SiZr. The summed E-state index contributed by atoms with van der Waals surface area (Å²) < 4.78 is 1.23. The molecular weight excluding hydrogens is 659 g/mol. The van der Waals surface area contributed by atoms with Crippen molar-refractivity contribution in [1.82, 2.24) is 0 Å². The molecule has 6 aromatic carbocycles. The molecule has 2 aliphatic carbocycles. The minimum Gasteiger partial charge on any atom is -1.00 e. The molecule has 8 rings (SSSR count). The Morgan fingerprint density at radius 2 is 1.07 bits per heavy atom. The van der Waals surface area contributed by atoms with Crippen molar-refractivity contribution in [3.63, 3.8) is 0 Å². The van der Waals surface area contributed by atoms with Gasteiger partial charge < -0.3 is 24.8 Å². The van der Waals surface area contributed by atoms with E-state index in [1.807, 2.05) is 0 Å². The summed E-state index contributed by atoms with van der Waals surface area (Å²) in [7, 11) is 0. The van der Waals surface area contributed by atoms with Crippen molar-refractivity contribution in [2.24, 2.45) is 0 Å². The van der Waals surface area contributed by atoms with E-state index in [1.54, 1.807) is 16.7 Å². The van der Waals surface area contributed by atoms with Gasteiger partial charge in [0, 0.05) is 0 Å². The molecule has 0 bridgehead atoms. The van der Waals surface area contributed by atoms with Crippen molar-refractivity contribution in [3.8, 4) is 22.3 Å². The van der Waals surface area contributed by atoms with E-state index in [2.05, 4.69) is 147 Å². The van der Waals surface area contributed by atoms with Crippen LogP contribution < -0.4 is 24.8 Å². The zero-order valence-corrected chi connectivity index (χ0v) is 29.5. The molecule has 210 valence electrons. The van der Waals surface area contributed by atoms with E-state index in [-0.39, 0.29) is 24.8 Å². The molecule has 0 amide bonds. The summed E-state index contributed by atoms with van der Waals surface area (Å²) in [5.41, 5.74) is 13.0. The van der Waals surface area contributed by atoms with Crippen LogP contribution in [0.5, 0.6) is 0 Å². The van der Waals surface area contributed by atoms with Crippen LogP contribution in [-0.4, -0.2) is 5.43 Å². The van der Waals surface area contributed by atoms with Crippen molar-refractivity contribution < 1.29 is 45.2 Å². The quantitative estimate of drug-likeness (QED) is 0.186. The number of hydrogen-bond donors (Lipinski definition) is 0. The smallest absolute Gasteiger partial charge is 1.00 e. The van der Waals surface area contributed by atoms with Gasteiger partial charge in [-0.05, 0) is 0 Å². The third kappa shape index (κ3) is 4.74. The summed E-state index contributed by atoms with van der Waals surface area (Å²) in [6.07, 6.45) is 2.70. The van der Waals surface area contributed by atoms with E-state index in [0.29, 0.717) is 7.25 Å². The van der Waals surface area contributed by atoms with Crippen LogP contribution in [0.25, 0.3) is 49.4 Å². The molecule has 0 fully saturated rings. The van der Waals surface area contributed by atoms with Gasteiger partial charge >= 0.3 is 252 Å². The monoisotopic (exact) mass is 688 g/mol. The van der Waals surface area contributed by atoms with Crippen molar-refractivity contribution in [1.29, 1.82) is 0 Å². The fraction of sp³-hybridized carbons (Fsp3) is 0.128. The summed E-state index contributed by atoms with van der Waals surface area (Å²) in [4.78, 5) is 0. The number of allylic oxidation sites excluding steroid dienone is 2. The van der Waals surface area contributed by atoms with Crippen LogP contribution in [0.1, 0.15) is 36.4 Å². The molecule has 0 saturated carbocycles. The Kier molecular flexibility index (Phi) is 8.44. The zero-order chi connectivity index (χ0) is 27.7. The average molecular weight is 691 g/mol. The second-order valence-corrected chi connectivity index (χ2v) is 29.8. The van der Waals surface area contributed by atoms with E-state index in [1.165, 1.54) is 54.9 Å². The van der Waals surface area contributed by atoms with Gasteiger partial charge in [0.25, 0.3) is 0 Å². The maximum atomic E-state index is 2.70. The molecule has 1 unspecified atom stereocenters. The minimum atomic E-state index is -2.13. The molecule has 0 saturated heterocycles. The molecule has 0 spiro atoms. The normalized spacial score (nSPS) is 14.6. The molecule has 4 heteroatoms. The van der Waals surface area contributed by atoms with Gasteiger partial charge in [0.15, 0.2) is 0 Å². The number of hydrogen-bond acceptors (Lipinski definition) is 0. The largest absolute Gasteiger partial charge is 1.00 e. The molecule has 0 nitrogen and oxygen atoms in total. The molecule has 0 N–H and O–H groups in total. The molecule has 0 radical (unpaired) electrons. The molecule has 2 aliphatic rings. The second-order valence-electron chi connectivity index (χ2n) is 11.9. The van der Waals surface area contributed by atoms with E-state index in [0.717, 1.165) is 0 Å². The summed E-state index contributed by atoms with van der Waals surface area (Å²) in [6.45, 7) is 7.61. The Hall–Kier alpha value is -2.74. The van der Waals surface area contributed by atoms with E-state index in [4.69, 9.17) is 0 Å². The predicted octanol–water partition coefficient (Wildman–Crippen LogP) is 4.77. The first-order valence-electron chi connectivity index (χ1n) is 14.7. The number of fused-ring (bicyclic) bond motifs is 7. The summed E-state index contributed by atoms with van der Waals surface area (Å²) in [5, 5.41) is 5.35. The van der Waals surface area contributed by atoms with Gasteiger partial charge in [-0.25, -0.2) is 0 Å². The van der Waals surface area contributed by atoms with Crippen molar-refractivity contribution in [3.05, 3.63) is 150 Å². The number of rotatable bonds is 3. The van der Waals surface area contributed by atoms with Gasteiger partial charge in [0.2, 0.25) is 0 Å². The van der Waals surface area contributed by atoms with Crippen molar-refractivity contribution >= 4 is 32.6 Å². The Balaban J connectivity index is 0.00000165. The van der Waals surface area contributed by atoms with Gasteiger partial charge in [-0.3, -0.25) is 0 Å². The predicted molar refractivity (Wildman–Crippen MR) is 174 cm³/mol. The maximum Gasteiger partial charge on any atom is -1.00 e. The second kappa shape index (κ2) is 12.0. The third-order valence-corrected chi connectivity index (χ3v) is 28.5. The Bertz CT molecular complexity index is 2060. The molecule has 43 heavy (non-hydrogen) atoms. The number of benzene rings is 6. The van der Waals surface area contributed by atoms with Gasteiger partial charge in [-0.2, -0.15) is 0 Å². The first-order valence-corrected chi connectivity index (χ1v) is 23.7. The van der Waals surface area contributed by atoms with Crippen LogP contribution in [0.2, 0.25) is 13.1 Å². The number of halogens is 2. The van der Waals surface area contributed by atoms with Crippen LogP contribution in [0.15, 0.2) is 127 Å². The van der Waals surface area contributed by atoms with Crippen LogP contribution >= 0.6 is 0 Å².